The van der Waals surface area contributed by atoms with Crippen LogP contribution in [0, 0.1) is 6.92 Å². The summed E-state index contributed by atoms with van der Waals surface area (Å²) in [6, 6.07) is 21.4. The van der Waals surface area contributed by atoms with Crippen LogP contribution in [0.3, 0.4) is 0 Å². The van der Waals surface area contributed by atoms with Crippen molar-refractivity contribution in [3.05, 3.63) is 95.0 Å². The van der Waals surface area contributed by atoms with Crippen LogP contribution < -0.4 is 9.62 Å². The summed E-state index contributed by atoms with van der Waals surface area (Å²) in [5.41, 5.74) is 1.94. The van der Waals surface area contributed by atoms with E-state index < -0.39 is 28.5 Å². The third-order valence-corrected chi connectivity index (χ3v) is 9.26. The molecule has 0 aromatic heterocycles. The van der Waals surface area contributed by atoms with Crippen molar-refractivity contribution < 1.29 is 18.0 Å². The van der Waals surface area contributed by atoms with E-state index in [2.05, 4.69) is 5.32 Å². The molecule has 0 unspecified atom stereocenters. The molecule has 1 aliphatic carbocycles. The second kappa shape index (κ2) is 12.7. The molecular weight excluding hydrogens is 534 g/mol. The van der Waals surface area contributed by atoms with E-state index in [0.29, 0.717) is 16.3 Å². The summed E-state index contributed by atoms with van der Waals surface area (Å²) in [7, 11) is -4.09. The standard InChI is InChI=1S/C30H34ClN3O4S/c1-22-16-18-27(19-17-22)39(37,38)34(26-13-4-3-5-14-26)21-29(35)33(20-24-10-6-9-15-28(24)31)23(2)30(36)32-25-11-7-8-12-25/h3-6,9-10,13-19,23,25H,7-8,11-12,20-21H2,1-2H3,(H,32,36)/t23-/m1/s1. The molecule has 3 aromatic rings. The highest BCUT2D eigenvalue weighted by Crippen LogP contribution is 2.26. The average molecular weight is 568 g/mol. The molecule has 0 radical (unpaired) electrons. The first kappa shape index (κ1) is 28.6. The monoisotopic (exact) mass is 567 g/mol. The second-order valence-corrected chi connectivity index (χ2v) is 12.2. The van der Waals surface area contributed by atoms with Gasteiger partial charge >= 0.3 is 0 Å². The number of carbonyl (C=O) groups is 2. The third kappa shape index (κ3) is 6.99. The summed E-state index contributed by atoms with van der Waals surface area (Å²) in [5.74, 6) is -0.779. The molecule has 1 N–H and O–H groups in total. The van der Waals surface area contributed by atoms with Gasteiger partial charge in [0.05, 0.1) is 10.6 Å². The van der Waals surface area contributed by atoms with E-state index in [-0.39, 0.29) is 23.4 Å². The molecule has 4 rings (SSSR count). The minimum Gasteiger partial charge on any atom is -0.352 e. The zero-order chi connectivity index (χ0) is 28.0. The Bertz CT molecular complexity index is 1390. The molecule has 39 heavy (non-hydrogen) atoms. The molecule has 0 bridgehead atoms. The number of aryl methyl sites for hydroxylation is 1. The van der Waals surface area contributed by atoms with Crippen molar-refractivity contribution in [3.63, 3.8) is 0 Å². The molecule has 1 atom stereocenters. The molecule has 0 heterocycles. The molecule has 0 spiro atoms. The Morgan fingerprint density at radius 1 is 0.949 bits per heavy atom. The highest BCUT2D eigenvalue weighted by molar-refractivity contribution is 7.92. The molecule has 0 saturated heterocycles. The van der Waals surface area contributed by atoms with Gasteiger partial charge in [0.1, 0.15) is 12.6 Å². The van der Waals surface area contributed by atoms with Gasteiger partial charge in [-0.05, 0) is 62.6 Å². The van der Waals surface area contributed by atoms with E-state index in [4.69, 9.17) is 11.6 Å². The van der Waals surface area contributed by atoms with Gasteiger partial charge in [-0.25, -0.2) is 8.42 Å². The number of anilines is 1. The largest absolute Gasteiger partial charge is 0.352 e. The number of nitrogens with one attached hydrogen (secondary N) is 1. The van der Waals surface area contributed by atoms with Crippen LogP contribution in [0.1, 0.15) is 43.7 Å². The quantitative estimate of drug-likeness (QED) is 0.359. The summed E-state index contributed by atoms with van der Waals surface area (Å²) in [6.07, 6.45) is 3.94. The highest BCUT2D eigenvalue weighted by atomic mass is 35.5. The van der Waals surface area contributed by atoms with Gasteiger partial charge in [-0.1, -0.05) is 78.5 Å². The van der Waals surface area contributed by atoms with Crippen LogP contribution in [-0.4, -0.2) is 43.8 Å². The lowest BCUT2D eigenvalue weighted by atomic mass is 10.1. The van der Waals surface area contributed by atoms with Crippen molar-refractivity contribution >= 4 is 39.1 Å². The Morgan fingerprint density at radius 3 is 2.21 bits per heavy atom. The van der Waals surface area contributed by atoms with Gasteiger partial charge in [0.15, 0.2) is 0 Å². The number of halogens is 1. The lowest BCUT2D eigenvalue weighted by Gasteiger charge is -2.32. The lowest BCUT2D eigenvalue weighted by Crippen LogP contribution is -2.52. The van der Waals surface area contributed by atoms with Gasteiger partial charge in [0, 0.05) is 17.6 Å². The van der Waals surface area contributed by atoms with Crippen molar-refractivity contribution in [3.8, 4) is 0 Å². The number of nitrogens with zero attached hydrogens (tertiary/aromatic N) is 2. The molecule has 1 fully saturated rings. The summed E-state index contributed by atoms with van der Waals surface area (Å²) < 4.78 is 28.7. The lowest BCUT2D eigenvalue weighted by molar-refractivity contribution is -0.139. The smallest absolute Gasteiger partial charge is 0.264 e. The van der Waals surface area contributed by atoms with Gasteiger partial charge in [-0.3, -0.25) is 13.9 Å². The maximum Gasteiger partial charge on any atom is 0.264 e. The van der Waals surface area contributed by atoms with E-state index in [1.165, 1.54) is 17.0 Å². The molecule has 7 nitrogen and oxygen atoms in total. The first-order valence-electron chi connectivity index (χ1n) is 13.1. The van der Waals surface area contributed by atoms with Crippen molar-refractivity contribution in [2.24, 2.45) is 0 Å². The van der Waals surface area contributed by atoms with Gasteiger partial charge in [-0.15, -0.1) is 0 Å². The minimum absolute atomic E-state index is 0.0605. The number of rotatable bonds is 10. The highest BCUT2D eigenvalue weighted by Gasteiger charge is 2.33. The maximum atomic E-state index is 14.0. The number of carbonyl (C=O) groups excluding carboxylic acids is 2. The molecule has 9 heteroatoms. The molecule has 1 aliphatic rings. The van der Waals surface area contributed by atoms with E-state index in [9.17, 15) is 18.0 Å². The van der Waals surface area contributed by atoms with E-state index in [1.807, 2.05) is 13.0 Å². The van der Waals surface area contributed by atoms with Crippen LogP contribution in [0.2, 0.25) is 5.02 Å². The SMILES string of the molecule is Cc1ccc(S(=O)(=O)N(CC(=O)N(Cc2ccccc2Cl)[C@H](C)C(=O)NC2CCCC2)c2ccccc2)cc1. The summed E-state index contributed by atoms with van der Waals surface area (Å²) >= 11 is 6.42. The molecular formula is C30H34ClN3O4S. The Hall–Kier alpha value is -3.36. The van der Waals surface area contributed by atoms with Gasteiger partial charge in [-0.2, -0.15) is 0 Å². The Labute approximate surface area is 235 Å². The Balaban J connectivity index is 1.67. The summed E-state index contributed by atoms with van der Waals surface area (Å²) in [4.78, 5) is 28.7. The first-order chi connectivity index (χ1) is 18.7. The van der Waals surface area contributed by atoms with Gasteiger partial charge in [0.2, 0.25) is 11.8 Å². The van der Waals surface area contributed by atoms with Crippen molar-refractivity contribution in [2.45, 2.75) is 63.1 Å². The summed E-state index contributed by atoms with van der Waals surface area (Å²) in [5, 5.41) is 3.53. The number of amides is 2. The zero-order valence-corrected chi connectivity index (χ0v) is 23.8. The molecule has 0 aliphatic heterocycles. The fourth-order valence-electron chi connectivity index (χ4n) is 4.75. The van der Waals surface area contributed by atoms with Crippen LogP contribution >= 0.6 is 11.6 Å². The van der Waals surface area contributed by atoms with Crippen LogP contribution in [0.25, 0.3) is 0 Å². The predicted octanol–water partition coefficient (Wildman–Crippen LogP) is 5.32. The maximum absolute atomic E-state index is 14.0. The topological polar surface area (TPSA) is 86.8 Å². The van der Waals surface area contributed by atoms with Crippen LogP contribution in [0.4, 0.5) is 5.69 Å². The number of para-hydroxylation sites is 1. The van der Waals surface area contributed by atoms with Crippen LogP contribution in [0.5, 0.6) is 0 Å². The Kier molecular flexibility index (Phi) is 9.30. The van der Waals surface area contributed by atoms with E-state index in [1.54, 1.807) is 67.6 Å². The van der Waals surface area contributed by atoms with Crippen molar-refractivity contribution in [1.82, 2.24) is 10.2 Å². The Morgan fingerprint density at radius 2 is 1.56 bits per heavy atom. The predicted molar refractivity (Wildman–Crippen MR) is 154 cm³/mol. The number of benzene rings is 3. The second-order valence-electron chi connectivity index (χ2n) is 9.94. The summed E-state index contributed by atoms with van der Waals surface area (Å²) in [6.45, 7) is 3.12. The normalized spacial score (nSPS) is 14.5. The van der Waals surface area contributed by atoms with E-state index in [0.717, 1.165) is 35.6 Å². The third-order valence-electron chi connectivity index (χ3n) is 7.10. The first-order valence-corrected chi connectivity index (χ1v) is 15.0. The fourth-order valence-corrected chi connectivity index (χ4v) is 6.35. The van der Waals surface area contributed by atoms with Crippen LogP contribution in [0.15, 0.2) is 83.8 Å². The van der Waals surface area contributed by atoms with Gasteiger partial charge in [0.25, 0.3) is 10.0 Å². The van der Waals surface area contributed by atoms with Crippen LogP contribution in [-0.2, 0) is 26.2 Å². The number of hydrogen-bond donors (Lipinski definition) is 1. The zero-order valence-electron chi connectivity index (χ0n) is 22.2. The molecule has 206 valence electrons. The average Bonchev–Trinajstić information content (AvgIpc) is 3.44. The molecule has 3 aromatic carbocycles. The number of sulfonamides is 1. The number of hydrogen-bond acceptors (Lipinski definition) is 4. The van der Waals surface area contributed by atoms with E-state index >= 15 is 0 Å². The molecule has 1 saturated carbocycles. The van der Waals surface area contributed by atoms with Crippen molar-refractivity contribution in [1.29, 1.82) is 0 Å². The minimum atomic E-state index is -4.09. The molecule has 2 amide bonds. The van der Waals surface area contributed by atoms with Gasteiger partial charge < -0.3 is 10.2 Å². The van der Waals surface area contributed by atoms with Crippen molar-refractivity contribution in [2.75, 3.05) is 10.8 Å². The fraction of sp³-hybridized carbons (Fsp3) is 0.333.